The molecule has 0 aromatic heterocycles. The summed E-state index contributed by atoms with van der Waals surface area (Å²) in [6, 6.07) is 31.6. The number of benzene rings is 4. The van der Waals surface area contributed by atoms with Crippen molar-refractivity contribution in [3.8, 4) is 11.1 Å². The normalized spacial score (nSPS) is 17.4. The zero-order valence-electron chi connectivity index (χ0n) is 26.8. The molecule has 0 spiro atoms. The fourth-order valence-electron chi connectivity index (χ4n) is 5.43. The van der Waals surface area contributed by atoms with Crippen LogP contribution in [0.4, 0.5) is 5.69 Å². The van der Waals surface area contributed by atoms with Crippen LogP contribution in [0.1, 0.15) is 67.3 Å². The highest BCUT2D eigenvalue weighted by Gasteiger charge is 2.32. The quantitative estimate of drug-likeness (QED) is 0.105. The van der Waals surface area contributed by atoms with Crippen molar-refractivity contribution >= 4 is 35.2 Å². The van der Waals surface area contributed by atoms with E-state index in [2.05, 4.69) is 10.6 Å². The summed E-state index contributed by atoms with van der Waals surface area (Å²) in [7, 11) is 0. The van der Waals surface area contributed by atoms with Gasteiger partial charge in [0.1, 0.15) is 0 Å². The highest BCUT2D eigenvalue weighted by atomic mass is 32.2. The van der Waals surface area contributed by atoms with E-state index >= 15 is 0 Å². The van der Waals surface area contributed by atoms with Gasteiger partial charge >= 0.3 is 5.97 Å². The zero-order valence-corrected chi connectivity index (χ0v) is 27.6. The van der Waals surface area contributed by atoms with Crippen LogP contribution in [0.5, 0.6) is 0 Å². The molecule has 4 aromatic carbocycles. The number of ether oxygens (including phenoxy) is 2. The van der Waals surface area contributed by atoms with Crippen LogP contribution in [-0.2, 0) is 37.0 Å². The van der Waals surface area contributed by atoms with Crippen LogP contribution < -0.4 is 10.6 Å². The standard InChI is InChI=1S/C38H40N2O7S/c1-25(42)40-32-16-18-34(19-17-32)48-24-33-21-35(29-10-8-26(23-41)9-11-29)47-38(46-33)30-14-12-28(13-15-30)31-5-2-4-27(20-31)22-39-36(43)6-3-7-37(44)45/h2,4-5,8-20,33,35,38,41H,3,6-7,21-24H2,1H3,(H,39,43)(H,40,42)(H,44,45). The molecular formula is C38H40N2O7S. The number of thioether (sulfide) groups is 1. The maximum atomic E-state index is 12.1. The van der Waals surface area contributed by atoms with E-state index in [0.717, 1.165) is 44.0 Å². The first kappa shape index (κ1) is 34.8. The Bertz CT molecular complexity index is 1680. The predicted molar refractivity (Wildman–Crippen MR) is 185 cm³/mol. The van der Waals surface area contributed by atoms with E-state index in [0.29, 0.717) is 25.1 Å². The van der Waals surface area contributed by atoms with E-state index in [1.807, 2.05) is 97.1 Å². The summed E-state index contributed by atoms with van der Waals surface area (Å²) in [5, 5.41) is 24.0. The molecule has 1 aliphatic rings. The third-order valence-electron chi connectivity index (χ3n) is 7.95. The molecule has 2 amide bonds. The van der Waals surface area contributed by atoms with Crippen LogP contribution >= 0.6 is 11.8 Å². The van der Waals surface area contributed by atoms with Crippen LogP contribution in [0.3, 0.4) is 0 Å². The van der Waals surface area contributed by atoms with Gasteiger partial charge in [-0.2, -0.15) is 0 Å². The monoisotopic (exact) mass is 668 g/mol. The lowest BCUT2D eigenvalue weighted by atomic mass is 9.99. The second-order valence-electron chi connectivity index (χ2n) is 11.7. The van der Waals surface area contributed by atoms with Crippen molar-refractivity contribution in [3.05, 3.63) is 119 Å². The Morgan fingerprint density at radius 1 is 0.833 bits per heavy atom. The molecule has 1 saturated heterocycles. The summed E-state index contributed by atoms with van der Waals surface area (Å²) in [6.07, 6.45) is 0.276. The fraction of sp³-hybridized carbons (Fsp3) is 0.289. The Morgan fingerprint density at radius 2 is 1.56 bits per heavy atom. The number of amides is 2. The first-order valence-corrected chi connectivity index (χ1v) is 16.9. The minimum atomic E-state index is -0.904. The number of anilines is 1. The SMILES string of the molecule is CC(=O)Nc1ccc(SCC2CC(c3ccc(CO)cc3)OC(c3ccc(-c4cccc(CNC(=O)CCCC(=O)O)c4)cc3)O2)cc1. The van der Waals surface area contributed by atoms with E-state index in [-0.39, 0.29) is 43.5 Å². The number of nitrogens with one attached hydrogen (secondary N) is 2. The van der Waals surface area contributed by atoms with Crippen molar-refractivity contribution in [2.45, 2.75) is 69.2 Å². The van der Waals surface area contributed by atoms with Crippen LogP contribution in [0.15, 0.2) is 102 Å². The summed E-state index contributed by atoms with van der Waals surface area (Å²) in [5.41, 5.74) is 6.48. The number of carboxylic acid groups (broad SMARTS) is 1. The number of carboxylic acids is 1. The van der Waals surface area contributed by atoms with Crippen LogP contribution in [0.25, 0.3) is 11.1 Å². The van der Waals surface area contributed by atoms with E-state index in [4.69, 9.17) is 14.6 Å². The average Bonchev–Trinajstić information content (AvgIpc) is 3.10. The smallest absolute Gasteiger partial charge is 0.303 e. The van der Waals surface area contributed by atoms with Crippen molar-refractivity contribution < 1.29 is 34.1 Å². The number of carbonyl (C=O) groups excluding carboxylic acids is 2. The third kappa shape index (κ3) is 10.3. The van der Waals surface area contributed by atoms with Gasteiger partial charge in [-0.15, -0.1) is 11.8 Å². The number of aliphatic hydroxyl groups excluding tert-OH is 1. The molecule has 1 fully saturated rings. The first-order valence-electron chi connectivity index (χ1n) is 15.9. The van der Waals surface area contributed by atoms with E-state index in [1.54, 1.807) is 11.8 Å². The number of carbonyl (C=O) groups is 3. The Labute approximate surface area is 284 Å². The van der Waals surface area contributed by atoms with Gasteiger partial charge in [0.15, 0.2) is 6.29 Å². The molecule has 9 nitrogen and oxygen atoms in total. The van der Waals surface area contributed by atoms with Gasteiger partial charge in [0, 0.05) is 54.6 Å². The van der Waals surface area contributed by atoms with Crippen molar-refractivity contribution in [2.24, 2.45) is 0 Å². The third-order valence-corrected chi connectivity index (χ3v) is 9.10. The molecule has 0 aliphatic carbocycles. The Morgan fingerprint density at radius 3 is 2.25 bits per heavy atom. The molecule has 3 atom stereocenters. The number of hydrogen-bond acceptors (Lipinski definition) is 7. The highest BCUT2D eigenvalue weighted by Crippen LogP contribution is 2.40. The van der Waals surface area contributed by atoms with Gasteiger partial charge in [0.2, 0.25) is 11.8 Å². The van der Waals surface area contributed by atoms with Crippen LogP contribution in [0.2, 0.25) is 0 Å². The molecule has 0 radical (unpaired) electrons. The summed E-state index contributed by atoms with van der Waals surface area (Å²) in [6.45, 7) is 1.83. The average molecular weight is 669 g/mol. The van der Waals surface area contributed by atoms with E-state index in [1.165, 1.54) is 6.92 Å². The molecule has 1 heterocycles. The molecule has 10 heteroatoms. The molecule has 4 aromatic rings. The molecule has 3 unspecified atom stereocenters. The summed E-state index contributed by atoms with van der Waals surface area (Å²) in [5.74, 6) is -0.466. The minimum Gasteiger partial charge on any atom is -0.481 e. The van der Waals surface area contributed by atoms with Gasteiger partial charge in [0.05, 0.1) is 18.8 Å². The van der Waals surface area contributed by atoms with Crippen molar-refractivity contribution in [3.63, 3.8) is 0 Å². The largest absolute Gasteiger partial charge is 0.481 e. The maximum absolute atomic E-state index is 12.1. The van der Waals surface area contributed by atoms with Gasteiger partial charge in [-0.25, -0.2) is 0 Å². The van der Waals surface area contributed by atoms with Gasteiger partial charge in [-0.3, -0.25) is 14.4 Å². The summed E-state index contributed by atoms with van der Waals surface area (Å²) < 4.78 is 13.0. The predicted octanol–water partition coefficient (Wildman–Crippen LogP) is 7.01. The molecule has 250 valence electrons. The van der Waals surface area contributed by atoms with E-state index in [9.17, 15) is 19.5 Å². The van der Waals surface area contributed by atoms with Crippen molar-refractivity contribution in [1.29, 1.82) is 0 Å². The zero-order chi connectivity index (χ0) is 33.9. The minimum absolute atomic E-state index is 0.0178. The molecular weight excluding hydrogens is 628 g/mol. The molecule has 48 heavy (non-hydrogen) atoms. The summed E-state index contributed by atoms with van der Waals surface area (Å²) in [4.78, 5) is 35.2. The fourth-order valence-corrected chi connectivity index (χ4v) is 6.35. The molecule has 1 aliphatic heterocycles. The van der Waals surface area contributed by atoms with Gasteiger partial charge in [0.25, 0.3) is 0 Å². The first-order chi connectivity index (χ1) is 23.2. The lowest BCUT2D eigenvalue weighted by Gasteiger charge is -2.36. The van der Waals surface area contributed by atoms with Crippen LogP contribution in [-0.4, -0.2) is 39.9 Å². The lowest BCUT2D eigenvalue weighted by Crippen LogP contribution is -2.31. The lowest BCUT2D eigenvalue weighted by molar-refractivity contribution is -0.245. The van der Waals surface area contributed by atoms with Crippen molar-refractivity contribution in [2.75, 3.05) is 11.1 Å². The number of aliphatic hydroxyl groups is 1. The molecule has 0 saturated carbocycles. The number of aliphatic carboxylic acids is 1. The summed E-state index contributed by atoms with van der Waals surface area (Å²) >= 11 is 1.69. The van der Waals surface area contributed by atoms with E-state index < -0.39 is 12.3 Å². The highest BCUT2D eigenvalue weighted by molar-refractivity contribution is 7.99. The van der Waals surface area contributed by atoms with Crippen molar-refractivity contribution in [1.82, 2.24) is 5.32 Å². The van der Waals surface area contributed by atoms with Gasteiger partial charge < -0.3 is 30.3 Å². The maximum Gasteiger partial charge on any atom is 0.303 e. The Balaban J connectivity index is 1.26. The second kappa shape index (κ2) is 17.1. The molecule has 4 N–H and O–H groups in total. The Hall–Kier alpha value is -4.48. The number of rotatable bonds is 14. The van der Waals surface area contributed by atoms with Gasteiger partial charge in [-0.1, -0.05) is 66.7 Å². The molecule has 0 bridgehead atoms. The number of hydrogen-bond donors (Lipinski definition) is 4. The van der Waals surface area contributed by atoms with Gasteiger partial charge in [-0.05, 0) is 64.6 Å². The Kier molecular flexibility index (Phi) is 12.4. The second-order valence-corrected chi connectivity index (χ2v) is 12.8. The molecule has 5 rings (SSSR count). The topological polar surface area (TPSA) is 134 Å². The van der Waals surface area contributed by atoms with Crippen LogP contribution in [0, 0.1) is 0 Å².